The Labute approximate surface area is 193 Å². The Morgan fingerprint density at radius 2 is 1.94 bits per heavy atom. The highest BCUT2D eigenvalue weighted by Gasteiger charge is 2.58. The Morgan fingerprint density at radius 3 is 2.52 bits per heavy atom. The molecule has 4 bridgehead atoms. The van der Waals surface area contributed by atoms with Gasteiger partial charge in [-0.05, 0) is 69.8 Å². The standard InChI is InChI=1S/C24H34FN5O3/c1-4-19(31)29-23(2,3)5-6-30-18(12-25)17(13-27-30)21(32)28-20-15-7-14-8-16(20)11-24(9-14,10-15)22(26)33/h5-6,13-16,20H,4,7-12H2,1-3H3,(H2,26,33)(H,28,32)(H,29,31)/b6-5+. The summed E-state index contributed by atoms with van der Waals surface area (Å²) in [5, 5.41) is 10.2. The first-order valence-corrected chi connectivity index (χ1v) is 11.8. The quantitative estimate of drug-likeness (QED) is 0.553. The van der Waals surface area contributed by atoms with E-state index in [2.05, 4.69) is 15.7 Å². The third-order valence-corrected chi connectivity index (χ3v) is 7.78. The summed E-state index contributed by atoms with van der Waals surface area (Å²) in [5.41, 5.74) is 5.06. The highest BCUT2D eigenvalue weighted by molar-refractivity contribution is 5.95. The van der Waals surface area contributed by atoms with Gasteiger partial charge in [0.2, 0.25) is 11.8 Å². The fourth-order valence-electron chi connectivity index (χ4n) is 6.38. The molecule has 1 aromatic heterocycles. The number of hydrogen-bond donors (Lipinski definition) is 3. The molecule has 4 aliphatic rings. The lowest BCUT2D eigenvalue weighted by Crippen LogP contribution is -2.62. The van der Waals surface area contributed by atoms with Crippen LogP contribution in [0.4, 0.5) is 4.39 Å². The molecule has 8 nitrogen and oxygen atoms in total. The molecule has 3 amide bonds. The number of carbonyl (C=O) groups excluding carboxylic acids is 3. The number of hydrogen-bond acceptors (Lipinski definition) is 4. The largest absolute Gasteiger partial charge is 0.369 e. The number of nitrogens with zero attached hydrogens (tertiary/aromatic N) is 2. The summed E-state index contributed by atoms with van der Waals surface area (Å²) in [5.74, 6) is 0.293. The Bertz CT molecular complexity index is 969. The van der Waals surface area contributed by atoms with Crippen LogP contribution in [-0.4, -0.2) is 39.1 Å². The van der Waals surface area contributed by atoms with Crippen LogP contribution in [0.3, 0.4) is 0 Å². The minimum Gasteiger partial charge on any atom is -0.369 e. The van der Waals surface area contributed by atoms with Crippen molar-refractivity contribution in [1.29, 1.82) is 0 Å². The molecular formula is C24H34FN5O3. The molecule has 1 heterocycles. The maximum absolute atomic E-state index is 13.9. The molecule has 180 valence electrons. The van der Waals surface area contributed by atoms with Gasteiger partial charge in [0.05, 0.1) is 23.0 Å². The van der Waals surface area contributed by atoms with Crippen molar-refractivity contribution in [3.05, 3.63) is 23.5 Å². The molecule has 2 unspecified atom stereocenters. The van der Waals surface area contributed by atoms with Gasteiger partial charge in [-0.2, -0.15) is 5.10 Å². The summed E-state index contributed by atoms with van der Waals surface area (Å²) in [4.78, 5) is 37.0. The monoisotopic (exact) mass is 459 g/mol. The zero-order valence-corrected chi connectivity index (χ0v) is 19.6. The van der Waals surface area contributed by atoms with E-state index >= 15 is 0 Å². The second-order valence-electron chi connectivity index (χ2n) is 10.6. The molecular weight excluding hydrogens is 425 g/mol. The molecule has 0 spiro atoms. The van der Waals surface area contributed by atoms with Gasteiger partial charge in [-0.3, -0.25) is 14.4 Å². The zero-order valence-electron chi connectivity index (χ0n) is 19.6. The average Bonchev–Trinajstić information content (AvgIpc) is 3.17. The van der Waals surface area contributed by atoms with Gasteiger partial charge in [0.25, 0.3) is 5.91 Å². The summed E-state index contributed by atoms with van der Waals surface area (Å²) in [6.07, 6.45) is 9.33. The van der Waals surface area contributed by atoms with E-state index in [9.17, 15) is 18.8 Å². The van der Waals surface area contributed by atoms with Crippen LogP contribution in [0.15, 0.2) is 12.3 Å². The SMILES string of the molecule is CCC(=O)NC(C)(C)/C=C/n1ncc(C(=O)NC2C3CC4CC2CC(C(N)=O)(C4)C3)c1CF. The van der Waals surface area contributed by atoms with Crippen molar-refractivity contribution in [3.63, 3.8) is 0 Å². The molecule has 0 aromatic carbocycles. The third kappa shape index (κ3) is 4.42. The van der Waals surface area contributed by atoms with Crippen LogP contribution in [-0.2, 0) is 16.3 Å². The van der Waals surface area contributed by atoms with Crippen molar-refractivity contribution < 1.29 is 18.8 Å². The van der Waals surface area contributed by atoms with Gasteiger partial charge < -0.3 is 16.4 Å². The number of primary amides is 1. The molecule has 2 atom stereocenters. The van der Waals surface area contributed by atoms with Gasteiger partial charge in [-0.25, -0.2) is 9.07 Å². The van der Waals surface area contributed by atoms with E-state index in [4.69, 9.17) is 5.73 Å². The van der Waals surface area contributed by atoms with Crippen molar-refractivity contribution in [2.45, 2.75) is 77.6 Å². The van der Waals surface area contributed by atoms with Gasteiger partial charge in [0.1, 0.15) is 6.67 Å². The number of nitrogens with two attached hydrogens (primary N) is 1. The van der Waals surface area contributed by atoms with Crippen LogP contribution < -0.4 is 16.4 Å². The Balaban J connectivity index is 1.48. The first kappa shape index (κ1) is 23.4. The van der Waals surface area contributed by atoms with Crippen molar-refractivity contribution in [3.8, 4) is 0 Å². The lowest BCUT2D eigenvalue weighted by Gasteiger charge is -2.58. The van der Waals surface area contributed by atoms with Crippen LogP contribution >= 0.6 is 0 Å². The lowest BCUT2D eigenvalue weighted by atomic mass is 9.47. The van der Waals surface area contributed by atoms with Crippen molar-refractivity contribution in [2.24, 2.45) is 28.9 Å². The molecule has 4 aliphatic carbocycles. The highest BCUT2D eigenvalue weighted by atomic mass is 19.1. The van der Waals surface area contributed by atoms with Gasteiger partial charge in [0, 0.05) is 24.1 Å². The number of halogens is 1. The maximum atomic E-state index is 13.9. The molecule has 9 heteroatoms. The lowest BCUT2D eigenvalue weighted by molar-refractivity contribution is -0.145. The van der Waals surface area contributed by atoms with E-state index < -0.39 is 17.6 Å². The van der Waals surface area contributed by atoms with Crippen LogP contribution in [0, 0.1) is 23.2 Å². The van der Waals surface area contributed by atoms with Crippen LogP contribution in [0.5, 0.6) is 0 Å². The van der Waals surface area contributed by atoms with Gasteiger partial charge in [-0.1, -0.05) is 6.92 Å². The van der Waals surface area contributed by atoms with E-state index in [1.54, 1.807) is 19.2 Å². The topological polar surface area (TPSA) is 119 Å². The van der Waals surface area contributed by atoms with Crippen LogP contribution in [0.25, 0.3) is 6.20 Å². The Hall–Kier alpha value is -2.71. The molecule has 0 saturated heterocycles. The second kappa shape index (κ2) is 8.57. The molecule has 1 aromatic rings. The van der Waals surface area contributed by atoms with Crippen molar-refractivity contribution in [1.82, 2.24) is 20.4 Å². The summed E-state index contributed by atoms with van der Waals surface area (Å²) < 4.78 is 15.3. The van der Waals surface area contributed by atoms with E-state index in [1.807, 2.05) is 13.8 Å². The fourth-order valence-corrected chi connectivity index (χ4v) is 6.38. The number of nitrogens with one attached hydrogen (secondary N) is 2. The fraction of sp³-hybridized carbons (Fsp3) is 0.667. The normalized spacial score (nSPS) is 30.5. The number of aromatic nitrogens is 2. The smallest absolute Gasteiger partial charge is 0.255 e. The second-order valence-corrected chi connectivity index (χ2v) is 10.6. The van der Waals surface area contributed by atoms with Gasteiger partial charge in [-0.15, -0.1) is 0 Å². The summed E-state index contributed by atoms with van der Waals surface area (Å²) in [6.45, 7) is 4.58. The van der Waals surface area contributed by atoms with Crippen molar-refractivity contribution >= 4 is 23.9 Å². The first-order valence-electron chi connectivity index (χ1n) is 11.8. The number of alkyl halides is 1. The van der Waals surface area contributed by atoms with E-state index in [-0.39, 0.29) is 46.9 Å². The molecule has 4 saturated carbocycles. The summed E-state index contributed by atoms with van der Waals surface area (Å²) >= 11 is 0. The first-order chi connectivity index (χ1) is 15.6. The van der Waals surface area contributed by atoms with Crippen LogP contribution in [0.2, 0.25) is 0 Å². The number of carbonyl (C=O) groups is 3. The average molecular weight is 460 g/mol. The number of rotatable bonds is 8. The van der Waals surface area contributed by atoms with Gasteiger partial charge in [0.15, 0.2) is 0 Å². The molecule has 5 rings (SSSR count). The number of amides is 3. The highest BCUT2D eigenvalue weighted by Crippen LogP contribution is 2.59. The zero-order chi connectivity index (χ0) is 24.0. The molecule has 0 radical (unpaired) electrons. The Morgan fingerprint density at radius 1 is 1.27 bits per heavy atom. The predicted octanol–water partition coefficient (Wildman–Crippen LogP) is 2.54. The minimum absolute atomic E-state index is 0.0314. The molecule has 4 N–H and O–H groups in total. The minimum atomic E-state index is -0.848. The van der Waals surface area contributed by atoms with E-state index in [0.29, 0.717) is 12.3 Å². The molecule has 33 heavy (non-hydrogen) atoms. The summed E-state index contributed by atoms with van der Waals surface area (Å²) in [7, 11) is 0. The Kier molecular flexibility index (Phi) is 6.09. The third-order valence-electron chi connectivity index (χ3n) is 7.78. The predicted molar refractivity (Wildman–Crippen MR) is 121 cm³/mol. The molecule has 4 fully saturated rings. The van der Waals surface area contributed by atoms with E-state index in [0.717, 1.165) is 32.1 Å². The van der Waals surface area contributed by atoms with Gasteiger partial charge >= 0.3 is 0 Å². The van der Waals surface area contributed by atoms with Crippen molar-refractivity contribution in [2.75, 3.05) is 0 Å². The van der Waals surface area contributed by atoms with E-state index in [1.165, 1.54) is 10.9 Å². The van der Waals surface area contributed by atoms with Crippen LogP contribution in [0.1, 0.15) is 75.3 Å². The summed E-state index contributed by atoms with van der Waals surface area (Å²) in [6, 6.07) is -0.0314. The molecule has 0 aliphatic heterocycles. The maximum Gasteiger partial charge on any atom is 0.255 e.